The lowest BCUT2D eigenvalue weighted by molar-refractivity contribution is -0.140. The van der Waals surface area contributed by atoms with E-state index in [1.54, 1.807) is 0 Å². The first kappa shape index (κ1) is 26.9. The van der Waals surface area contributed by atoms with Crippen LogP contribution in [0.4, 0.5) is 13.2 Å². The predicted octanol–water partition coefficient (Wildman–Crippen LogP) is 1.39. The predicted molar refractivity (Wildman–Crippen MR) is 109 cm³/mol. The number of thioether (sulfide) groups is 1. The van der Waals surface area contributed by atoms with Gasteiger partial charge in [0.1, 0.15) is 17.8 Å². The summed E-state index contributed by atoms with van der Waals surface area (Å²) >= 11 is 0.636. The van der Waals surface area contributed by atoms with Gasteiger partial charge in [-0.25, -0.2) is 4.79 Å². The third-order valence-electron chi connectivity index (χ3n) is 3.87. The van der Waals surface area contributed by atoms with Crippen LogP contribution >= 0.6 is 11.8 Å². The summed E-state index contributed by atoms with van der Waals surface area (Å²) in [5, 5.41) is 3.80. The third-order valence-corrected chi connectivity index (χ3v) is 4.80. The van der Waals surface area contributed by atoms with Crippen molar-refractivity contribution < 1.29 is 41.9 Å². The third kappa shape index (κ3) is 8.57. The number of halogens is 3. The molecular formula is C19H22F3N3O6S. The number of nitrogens with two attached hydrogens (primary N) is 1. The van der Waals surface area contributed by atoms with Crippen molar-refractivity contribution in [3.05, 3.63) is 29.3 Å². The van der Waals surface area contributed by atoms with Crippen molar-refractivity contribution in [1.29, 1.82) is 0 Å². The van der Waals surface area contributed by atoms with Crippen LogP contribution in [0.25, 0.3) is 0 Å². The molecule has 0 aliphatic rings. The molecule has 0 radical (unpaired) electrons. The molecule has 0 aliphatic carbocycles. The van der Waals surface area contributed by atoms with Crippen molar-refractivity contribution in [2.45, 2.75) is 45.5 Å². The molecule has 2 unspecified atom stereocenters. The number of carbonyl (C=O) groups excluding carboxylic acids is 5. The molecule has 0 saturated heterocycles. The summed E-state index contributed by atoms with van der Waals surface area (Å²) in [5.74, 6) is -3.59. The maximum Gasteiger partial charge on any atom is 0.416 e. The molecule has 9 nitrogen and oxygen atoms in total. The molecule has 0 fully saturated rings. The van der Waals surface area contributed by atoms with Gasteiger partial charge in [0.2, 0.25) is 22.8 Å². The van der Waals surface area contributed by atoms with Crippen LogP contribution in [0.1, 0.15) is 43.1 Å². The fourth-order valence-electron chi connectivity index (χ4n) is 2.39. The van der Waals surface area contributed by atoms with E-state index in [2.05, 4.69) is 10.6 Å². The van der Waals surface area contributed by atoms with Crippen LogP contribution in [0, 0.1) is 0 Å². The molecule has 1 aromatic rings. The van der Waals surface area contributed by atoms with Crippen molar-refractivity contribution >= 4 is 40.6 Å². The normalized spacial score (nSPS) is 12.9. The molecular weight excluding hydrogens is 455 g/mol. The van der Waals surface area contributed by atoms with E-state index in [0.717, 1.165) is 13.0 Å². The number of benzene rings is 1. The lowest BCUT2D eigenvalue weighted by atomic mass is 10.1. The van der Waals surface area contributed by atoms with Gasteiger partial charge in [0.05, 0.1) is 11.1 Å². The molecule has 4 N–H and O–H groups in total. The molecule has 3 amide bonds. The molecule has 0 saturated carbocycles. The number of ether oxygens (including phenoxy) is 1. The topological polar surface area (TPSA) is 145 Å². The number of hydrogen-bond acceptors (Lipinski definition) is 7. The van der Waals surface area contributed by atoms with Gasteiger partial charge in [-0.1, -0.05) is 11.8 Å². The van der Waals surface area contributed by atoms with Gasteiger partial charge in [0.15, 0.2) is 0 Å². The molecule has 32 heavy (non-hydrogen) atoms. The molecule has 176 valence electrons. The number of carbonyl (C=O) groups is 5. The zero-order valence-electron chi connectivity index (χ0n) is 17.4. The zero-order valence-corrected chi connectivity index (χ0v) is 18.2. The minimum absolute atomic E-state index is 0.0105. The Kier molecular flexibility index (Phi) is 9.69. The molecule has 0 heterocycles. The summed E-state index contributed by atoms with van der Waals surface area (Å²) in [7, 11) is 0. The number of amides is 3. The van der Waals surface area contributed by atoms with Gasteiger partial charge in [0.25, 0.3) is 0 Å². The van der Waals surface area contributed by atoms with Crippen molar-refractivity contribution in [1.82, 2.24) is 10.6 Å². The van der Waals surface area contributed by atoms with E-state index in [1.807, 2.05) is 0 Å². The Balaban J connectivity index is 3.05. The fourth-order valence-corrected chi connectivity index (χ4v) is 3.25. The van der Waals surface area contributed by atoms with Crippen LogP contribution in [-0.4, -0.2) is 46.6 Å². The van der Waals surface area contributed by atoms with Crippen molar-refractivity contribution in [2.24, 2.45) is 5.73 Å². The van der Waals surface area contributed by atoms with Gasteiger partial charge in [-0.2, -0.15) is 13.2 Å². The Morgan fingerprint density at radius 3 is 2.19 bits per heavy atom. The van der Waals surface area contributed by atoms with Gasteiger partial charge >= 0.3 is 12.1 Å². The second-order valence-corrected chi connectivity index (χ2v) is 7.70. The Hall–Kier alpha value is -3.09. The molecule has 0 aliphatic heterocycles. The SMILES string of the molecule is CC(=O)NC(C)C(=O)Oc1cc(C(F)(F)F)ccc1C(=O)SCCC(NC(C)=O)C(N)=O. The number of esters is 1. The summed E-state index contributed by atoms with van der Waals surface area (Å²) in [6.07, 6.45) is -4.77. The maximum atomic E-state index is 13.1. The van der Waals surface area contributed by atoms with Crippen LogP contribution in [0.3, 0.4) is 0 Å². The number of rotatable bonds is 9. The second kappa shape index (κ2) is 11.5. The van der Waals surface area contributed by atoms with E-state index in [0.29, 0.717) is 23.9 Å². The number of primary amides is 1. The smallest absolute Gasteiger partial charge is 0.416 e. The standard InChI is InChI=1S/C19H22F3N3O6S/c1-9(24-10(2)26)17(29)31-15-8-12(19(20,21)22)4-5-13(15)18(30)32-7-6-14(16(23)28)25-11(3)27/h4-5,8-9,14H,6-7H2,1-3H3,(H2,23,28)(H,24,26)(H,25,27). The van der Waals surface area contributed by atoms with Gasteiger partial charge in [0, 0.05) is 19.6 Å². The highest BCUT2D eigenvalue weighted by molar-refractivity contribution is 8.14. The molecule has 0 aromatic heterocycles. The van der Waals surface area contributed by atoms with Crippen molar-refractivity contribution in [2.75, 3.05) is 5.75 Å². The molecule has 1 rings (SSSR count). The minimum atomic E-state index is -4.76. The summed E-state index contributed by atoms with van der Waals surface area (Å²) in [5.41, 5.74) is 3.71. The first-order valence-corrected chi connectivity index (χ1v) is 10.1. The van der Waals surface area contributed by atoms with Crippen molar-refractivity contribution in [3.63, 3.8) is 0 Å². The molecule has 0 spiro atoms. The Morgan fingerprint density at radius 2 is 1.69 bits per heavy atom. The first-order valence-electron chi connectivity index (χ1n) is 9.16. The molecule has 0 bridgehead atoms. The van der Waals surface area contributed by atoms with Gasteiger partial charge in [-0.15, -0.1) is 0 Å². The van der Waals surface area contributed by atoms with Gasteiger partial charge < -0.3 is 21.1 Å². The Labute approximate surface area is 185 Å². The van der Waals surface area contributed by atoms with Crippen LogP contribution < -0.4 is 21.1 Å². The van der Waals surface area contributed by atoms with E-state index in [-0.39, 0.29) is 17.7 Å². The Morgan fingerprint density at radius 1 is 1.09 bits per heavy atom. The van der Waals surface area contributed by atoms with Gasteiger partial charge in [-0.3, -0.25) is 19.2 Å². The average Bonchev–Trinajstić information content (AvgIpc) is 2.65. The monoisotopic (exact) mass is 477 g/mol. The number of nitrogens with one attached hydrogen (secondary N) is 2. The van der Waals surface area contributed by atoms with E-state index in [1.165, 1.54) is 13.8 Å². The highest BCUT2D eigenvalue weighted by Gasteiger charge is 2.33. The van der Waals surface area contributed by atoms with E-state index in [9.17, 15) is 37.1 Å². The largest absolute Gasteiger partial charge is 0.424 e. The lowest BCUT2D eigenvalue weighted by Gasteiger charge is -2.16. The van der Waals surface area contributed by atoms with E-state index < -0.39 is 58.4 Å². The lowest BCUT2D eigenvalue weighted by Crippen LogP contribution is -2.43. The second-order valence-electron chi connectivity index (χ2n) is 6.63. The number of alkyl halides is 3. The fraction of sp³-hybridized carbons (Fsp3) is 0.421. The van der Waals surface area contributed by atoms with E-state index >= 15 is 0 Å². The molecule has 2 atom stereocenters. The number of hydrogen-bond donors (Lipinski definition) is 3. The van der Waals surface area contributed by atoms with Crippen LogP contribution in [0.2, 0.25) is 0 Å². The zero-order chi connectivity index (χ0) is 24.6. The maximum absolute atomic E-state index is 13.1. The van der Waals surface area contributed by atoms with Crippen molar-refractivity contribution in [3.8, 4) is 5.75 Å². The average molecular weight is 477 g/mol. The van der Waals surface area contributed by atoms with Crippen LogP contribution in [0.15, 0.2) is 18.2 Å². The summed E-state index contributed by atoms with van der Waals surface area (Å²) in [4.78, 5) is 58.2. The quantitative estimate of drug-likeness (QED) is 0.360. The highest BCUT2D eigenvalue weighted by Crippen LogP contribution is 2.34. The molecule has 1 aromatic carbocycles. The van der Waals surface area contributed by atoms with Crippen LogP contribution in [0.5, 0.6) is 5.75 Å². The molecule has 13 heteroatoms. The summed E-state index contributed by atoms with van der Waals surface area (Å²) < 4.78 is 44.2. The minimum Gasteiger partial charge on any atom is -0.424 e. The first-order chi connectivity index (χ1) is 14.7. The summed E-state index contributed by atoms with van der Waals surface area (Å²) in [6.45, 7) is 3.58. The van der Waals surface area contributed by atoms with Crippen LogP contribution in [-0.2, 0) is 25.4 Å². The summed E-state index contributed by atoms with van der Waals surface area (Å²) in [6, 6.07) is -0.173. The van der Waals surface area contributed by atoms with E-state index in [4.69, 9.17) is 10.5 Å². The van der Waals surface area contributed by atoms with Gasteiger partial charge in [-0.05, 0) is 31.5 Å². The Bertz CT molecular complexity index is 907. The highest BCUT2D eigenvalue weighted by atomic mass is 32.2.